The number of Topliss-reactive ketones (excluding diaryl/α,β-unsaturated/α-hetero) is 1. The van der Waals surface area contributed by atoms with E-state index in [2.05, 4.69) is 0 Å². The van der Waals surface area contributed by atoms with Gasteiger partial charge in [-0.2, -0.15) is 0 Å². The Labute approximate surface area is 96.9 Å². The van der Waals surface area contributed by atoms with Gasteiger partial charge in [0.05, 0.1) is 5.56 Å². The molecule has 2 aromatic rings. The standard InChI is InChI=1S/C13H10F2O2/c1-2-11(16)13-6-5-12(17-13)9-7-8(14)3-4-10(9)15/h3-7H,2H2,1H3. The van der Waals surface area contributed by atoms with Crippen molar-refractivity contribution in [3.63, 3.8) is 0 Å². The number of hydrogen-bond acceptors (Lipinski definition) is 2. The van der Waals surface area contributed by atoms with E-state index in [4.69, 9.17) is 4.42 Å². The summed E-state index contributed by atoms with van der Waals surface area (Å²) in [4.78, 5) is 11.3. The van der Waals surface area contributed by atoms with E-state index in [0.29, 0.717) is 6.42 Å². The second-order valence-corrected chi connectivity index (χ2v) is 3.56. The molecule has 2 rings (SSSR count). The third kappa shape index (κ3) is 2.25. The molecule has 1 aromatic heterocycles. The van der Waals surface area contributed by atoms with Gasteiger partial charge in [0.1, 0.15) is 17.4 Å². The molecule has 0 spiro atoms. The molecule has 4 heteroatoms. The fourth-order valence-electron chi connectivity index (χ4n) is 1.49. The molecule has 1 heterocycles. The summed E-state index contributed by atoms with van der Waals surface area (Å²) in [5.41, 5.74) is 0.0140. The van der Waals surface area contributed by atoms with Crippen molar-refractivity contribution in [2.45, 2.75) is 13.3 Å². The largest absolute Gasteiger partial charge is 0.453 e. The van der Waals surface area contributed by atoms with Crippen molar-refractivity contribution >= 4 is 5.78 Å². The van der Waals surface area contributed by atoms with Gasteiger partial charge in [-0.1, -0.05) is 6.92 Å². The zero-order valence-corrected chi connectivity index (χ0v) is 9.17. The molecule has 0 unspecified atom stereocenters. The van der Waals surface area contributed by atoms with Crippen molar-refractivity contribution < 1.29 is 18.0 Å². The maximum atomic E-state index is 13.4. The molecule has 0 aliphatic heterocycles. The maximum absolute atomic E-state index is 13.4. The number of ketones is 1. The van der Waals surface area contributed by atoms with E-state index in [1.165, 1.54) is 12.1 Å². The van der Waals surface area contributed by atoms with E-state index in [1.807, 2.05) is 0 Å². The lowest BCUT2D eigenvalue weighted by Gasteiger charge is -1.99. The Balaban J connectivity index is 2.43. The Morgan fingerprint density at radius 3 is 2.71 bits per heavy atom. The van der Waals surface area contributed by atoms with Crippen molar-refractivity contribution in [2.75, 3.05) is 0 Å². The van der Waals surface area contributed by atoms with E-state index in [1.54, 1.807) is 6.92 Å². The normalized spacial score (nSPS) is 10.5. The van der Waals surface area contributed by atoms with Crippen molar-refractivity contribution in [1.82, 2.24) is 0 Å². The van der Waals surface area contributed by atoms with Crippen molar-refractivity contribution in [3.8, 4) is 11.3 Å². The van der Waals surface area contributed by atoms with Crippen LogP contribution >= 0.6 is 0 Å². The first-order valence-electron chi connectivity index (χ1n) is 5.20. The third-order valence-corrected chi connectivity index (χ3v) is 2.40. The second-order valence-electron chi connectivity index (χ2n) is 3.56. The lowest BCUT2D eigenvalue weighted by atomic mass is 10.1. The molecule has 0 N–H and O–H groups in total. The van der Waals surface area contributed by atoms with E-state index < -0.39 is 11.6 Å². The zero-order valence-electron chi connectivity index (χ0n) is 9.17. The SMILES string of the molecule is CCC(=O)c1ccc(-c2cc(F)ccc2F)o1. The topological polar surface area (TPSA) is 30.2 Å². The molecule has 0 bridgehead atoms. The van der Waals surface area contributed by atoms with Gasteiger partial charge in [-0.3, -0.25) is 4.79 Å². The van der Waals surface area contributed by atoms with Gasteiger partial charge >= 0.3 is 0 Å². The number of hydrogen-bond donors (Lipinski definition) is 0. The summed E-state index contributed by atoms with van der Waals surface area (Å²) in [6.07, 6.45) is 0.304. The van der Waals surface area contributed by atoms with Gasteiger partial charge in [0, 0.05) is 6.42 Å². The van der Waals surface area contributed by atoms with Crippen LogP contribution in [0.4, 0.5) is 8.78 Å². The van der Waals surface area contributed by atoms with Gasteiger partial charge in [-0.25, -0.2) is 8.78 Å². The Hall–Kier alpha value is -1.97. The highest BCUT2D eigenvalue weighted by atomic mass is 19.1. The molecule has 0 amide bonds. The monoisotopic (exact) mass is 236 g/mol. The summed E-state index contributed by atoms with van der Waals surface area (Å²) in [6.45, 7) is 1.70. The Morgan fingerprint density at radius 2 is 2.00 bits per heavy atom. The van der Waals surface area contributed by atoms with Crippen LogP contribution in [-0.4, -0.2) is 5.78 Å². The molecule has 2 nitrogen and oxygen atoms in total. The first-order chi connectivity index (χ1) is 8.11. The third-order valence-electron chi connectivity index (χ3n) is 2.40. The van der Waals surface area contributed by atoms with Crippen LogP contribution in [0.3, 0.4) is 0 Å². The van der Waals surface area contributed by atoms with Gasteiger partial charge in [-0.05, 0) is 30.3 Å². The molecular weight excluding hydrogens is 226 g/mol. The minimum absolute atomic E-state index is 0.0140. The molecule has 0 radical (unpaired) electrons. The maximum Gasteiger partial charge on any atom is 0.197 e. The molecule has 0 aliphatic carbocycles. The van der Waals surface area contributed by atoms with E-state index in [-0.39, 0.29) is 22.9 Å². The predicted molar refractivity (Wildman–Crippen MR) is 58.7 cm³/mol. The van der Waals surface area contributed by atoms with Crippen LogP contribution in [0.1, 0.15) is 23.9 Å². The number of carbonyl (C=O) groups excluding carboxylic acids is 1. The molecule has 88 valence electrons. The molecule has 0 saturated carbocycles. The highest BCUT2D eigenvalue weighted by Crippen LogP contribution is 2.26. The average Bonchev–Trinajstić information content (AvgIpc) is 2.80. The van der Waals surface area contributed by atoms with Crippen LogP contribution in [0.2, 0.25) is 0 Å². The number of benzene rings is 1. The van der Waals surface area contributed by atoms with Crippen LogP contribution < -0.4 is 0 Å². The first-order valence-corrected chi connectivity index (χ1v) is 5.20. The van der Waals surface area contributed by atoms with Crippen molar-refractivity contribution in [3.05, 3.63) is 47.7 Å². The number of rotatable bonds is 3. The highest BCUT2D eigenvalue weighted by Gasteiger charge is 2.13. The van der Waals surface area contributed by atoms with Crippen LogP contribution in [-0.2, 0) is 0 Å². The van der Waals surface area contributed by atoms with Crippen molar-refractivity contribution in [2.24, 2.45) is 0 Å². The van der Waals surface area contributed by atoms with Gasteiger partial charge in [0.2, 0.25) is 0 Å². The first kappa shape index (κ1) is 11.5. The predicted octanol–water partition coefficient (Wildman–Crippen LogP) is 3.82. The minimum atomic E-state index is -0.587. The van der Waals surface area contributed by atoms with Crippen LogP contribution in [0, 0.1) is 11.6 Å². The summed E-state index contributed by atoms with van der Waals surface area (Å²) < 4.78 is 31.6. The van der Waals surface area contributed by atoms with Gasteiger partial charge in [0.15, 0.2) is 11.5 Å². The Morgan fingerprint density at radius 1 is 1.24 bits per heavy atom. The fourth-order valence-corrected chi connectivity index (χ4v) is 1.49. The fraction of sp³-hybridized carbons (Fsp3) is 0.154. The summed E-state index contributed by atoms with van der Waals surface area (Å²) in [5.74, 6) is -1.00. The van der Waals surface area contributed by atoms with E-state index in [0.717, 1.165) is 18.2 Å². The van der Waals surface area contributed by atoms with Crippen LogP contribution in [0.25, 0.3) is 11.3 Å². The van der Waals surface area contributed by atoms with Gasteiger partial charge in [-0.15, -0.1) is 0 Å². The quantitative estimate of drug-likeness (QED) is 0.758. The van der Waals surface area contributed by atoms with E-state index in [9.17, 15) is 13.6 Å². The van der Waals surface area contributed by atoms with Gasteiger partial charge < -0.3 is 4.42 Å². The Bertz CT molecular complexity index is 558. The van der Waals surface area contributed by atoms with Crippen molar-refractivity contribution in [1.29, 1.82) is 0 Å². The van der Waals surface area contributed by atoms with E-state index >= 15 is 0 Å². The molecule has 0 fully saturated rings. The molecule has 0 saturated heterocycles. The summed E-state index contributed by atoms with van der Waals surface area (Å²) in [7, 11) is 0. The molecule has 1 aromatic carbocycles. The van der Waals surface area contributed by atoms with Crippen LogP contribution in [0.5, 0.6) is 0 Å². The summed E-state index contributed by atoms with van der Waals surface area (Å²) in [5, 5.41) is 0. The number of halogens is 2. The summed E-state index contributed by atoms with van der Waals surface area (Å²) in [6, 6.07) is 6.01. The Kier molecular flexibility index (Phi) is 3.04. The molecular formula is C13H10F2O2. The minimum Gasteiger partial charge on any atom is -0.453 e. The second kappa shape index (κ2) is 4.49. The average molecular weight is 236 g/mol. The lowest BCUT2D eigenvalue weighted by molar-refractivity contribution is 0.0962. The van der Waals surface area contributed by atoms with Crippen LogP contribution in [0.15, 0.2) is 34.7 Å². The highest BCUT2D eigenvalue weighted by molar-refractivity contribution is 5.93. The zero-order chi connectivity index (χ0) is 12.4. The molecule has 0 aliphatic rings. The molecule has 0 atom stereocenters. The number of furan rings is 1. The summed E-state index contributed by atoms with van der Waals surface area (Å²) >= 11 is 0. The number of carbonyl (C=O) groups is 1. The van der Waals surface area contributed by atoms with Gasteiger partial charge in [0.25, 0.3) is 0 Å². The smallest absolute Gasteiger partial charge is 0.197 e. The lowest BCUT2D eigenvalue weighted by Crippen LogP contribution is -1.92. The molecule has 17 heavy (non-hydrogen) atoms.